The van der Waals surface area contributed by atoms with Gasteiger partial charge in [0.25, 0.3) is 5.91 Å². The van der Waals surface area contributed by atoms with E-state index >= 15 is 0 Å². The van der Waals surface area contributed by atoms with Gasteiger partial charge in [-0.05, 0) is 74.4 Å². The van der Waals surface area contributed by atoms with Crippen LogP contribution in [0, 0.1) is 6.92 Å². The van der Waals surface area contributed by atoms with Crippen LogP contribution in [0.2, 0.25) is 0 Å². The number of benzene rings is 3. The molecule has 0 spiro atoms. The number of carbonyl (C=O) groups is 1. The lowest BCUT2D eigenvalue weighted by Gasteiger charge is -2.23. The Morgan fingerprint density at radius 2 is 1.61 bits per heavy atom. The second-order valence-corrected chi connectivity index (χ2v) is 8.79. The highest BCUT2D eigenvalue weighted by Crippen LogP contribution is 2.36. The summed E-state index contributed by atoms with van der Waals surface area (Å²) in [5.74, 6) is 2.63. The minimum atomic E-state index is -0.0290. The summed E-state index contributed by atoms with van der Waals surface area (Å²) in [4.78, 5) is 15.5. The predicted octanol–water partition coefficient (Wildman–Crippen LogP) is 5.80. The standard InChI is InChI=1S/C29H29N3O4/c1-20-27(19-31(22-12-13-22)28(33)21-8-7-11-26(18-21)35-3)29(32(30-20)23-9-5-4-6-10-23)36-25-16-14-24(34-2)15-17-25/h4-11,14-18,22H,12-13,19H2,1-3H3. The van der Waals surface area contributed by atoms with E-state index in [0.29, 0.717) is 29.5 Å². The molecule has 0 bridgehead atoms. The van der Waals surface area contributed by atoms with Crippen molar-refractivity contribution >= 4 is 5.91 Å². The van der Waals surface area contributed by atoms with Gasteiger partial charge in [0.15, 0.2) is 0 Å². The van der Waals surface area contributed by atoms with E-state index in [-0.39, 0.29) is 11.9 Å². The topological polar surface area (TPSA) is 65.8 Å². The van der Waals surface area contributed by atoms with Crippen molar-refractivity contribution in [3.63, 3.8) is 0 Å². The van der Waals surface area contributed by atoms with Crippen LogP contribution in [0.4, 0.5) is 0 Å². The van der Waals surface area contributed by atoms with Gasteiger partial charge in [-0.2, -0.15) is 5.10 Å². The summed E-state index contributed by atoms with van der Waals surface area (Å²) in [5, 5.41) is 4.81. The van der Waals surface area contributed by atoms with E-state index in [1.54, 1.807) is 25.0 Å². The molecule has 1 saturated carbocycles. The average molecular weight is 484 g/mol. The van der Waals surface area contributed by atoms with E-state index < -0.39 is 0 Å². The molecule has 0 saturated heterocycles. The minimum Gasteiger partial charge on any atom is -0.497 e. The average Bonchev–Trinajstić information content (AvgIpc) is 3.72. The fourth-order valence-corrected chi connectivity index (χ4v) is 4.17. The molecule has 1 amide bonds. The summed E-state index contributed by atoms with van der Waals surface area (Å²) in [7, 11) is 3.24. The molecule has 1 fully saturated rings. The molecule has 184 valence electrons. The first-order chi connectivity index (χ1) is 17.6. The van der Waals surface area contributed by atoms with Gasteiger partial charge in [0.1, 0.15) is 17.2 Å². The number of hydrogen-bond donors (Lipinski definition) is 0. The number of methoxy groups -OCH3 is 2. The largest absolute Gasteiger partial charge is 0.497 e. The zero-order valence-corrected chi connectivity index (χ0v) is 20.7. The molecule has 4 aromatic rings. The number of para-hydroxylation sites is 1. The maximum Gasteiger partial charge on any atom is 0.254 e. The summed E-state index contributed by atoms with van der Waals surface area (Å²) in [6, 6.07) is 24.8. The van der Waals surface area contributed by atoms with Crippen LogP contribution in [0.15, 0.2) is 78.9 Å². The molecule has 5 rings (SSSR count). The molecule has 1 aliphatic carbocycles. The zero-order valence-electron chi connectivity index (χ0n) is 20.7. The first-order valence-electron chi connectivity index (χ1n) is 12.0. The third-order valence-electron chi connectivity index (χ3n) is 6.31. The third kappa shape index (κ3) is 4.91. The van der Waals surface area contributed by atoms with Gasteiger partial charge >= 0.3 is 0 Å². The molecular weight excluding hydrogens is 454 g/mol. The van der Waals surface area contributed by atoms with Crippen molar-refractivity contribution < 1.29 is 19.0 Å². The Bertz CT molecular complexity index is 1340. The van der Waals surface area contributed by atoms with Gasteiger partial charge < -0.3 is 19.1 Å². The van der Waals surface area contributed by atoms with Crippen molar-refractivity contribution in [1.29, 1.82) is 0 Å². The lowest BCUT2D eigenvalue weighted by molar-refractivity contribution is 0.0728. The molecule has 7 heteroatoms. The van der Waals surface area contributed by atoms with Crippen LogP contribution in [0.1, 0.15) is 34.5 Å². The summed E-state index contributed by atoms with van der Waals surface area (Å²) >= 11 is 0. The first kappa shape index (κ1) is 23.5. The normalized spacial score (nSPS) is 12.8. The maximum atomic E-state index is 13.6. The molecule has 0 atom stereocenters. The monoisotopic (exact) mass is 483 g/mol. The highest BCUT2D eigenvalue weighted by molar-refractivity contribution is 5.95. The zero-order chi connectivity index (χ0) is 25.1. The molecule has 1 aliphatic rings. The molecule has 0 N–H and O–H groups in total. The Kier molecular flexibility index (Phi) is 6.62. The second kappa shape index (κ2) is 10.2. The van der Waals surface area contributed by atoms with Crippen molar-refractivity contribution in [3.8, 4) is 28.8 Å². The Hall–Kier alpha value is -4.26. The molecule has 1 aromatic heterocycles. The lowest BCUT2D eigenvalue weighted by Crippen LogP contribution is -2.32. The highest BCUT2D eigenvalue weighted by atomic mass is 16.5. The fraction of sp³-hybridized carbons (Fsp3) is 0.241. The lowest BCUT2D eigenvalue weighted by atomic mass is 10.1. The minimum absolute atomic E-state index is 0.0290. The van der Waals surface area contributed by atoms with E-state index in [0.717, 1.165) is 35.5 Å². The molecule has 3 aromatic carbocycles. The van der Waals surface area contributed by atoms with Crippen LogP contribution in [-0.4, -0.2) is 40.8 Å². The van der Waals surface area contributed by atoms with Crippen molar-refractivity contribution in [2.24, 2.45) is 0 Å². The smallest absolute Gasteiger partial charge is 0.254 e. The van der Waals surface area contributed by atoms with Crippen molar-refractivity contribution in [2.75, 3.05) is 14.2 Å². The second-order valence-electron chi connectivity index (χ2n) is 8.79. The fourth-order valence-electron chi connectivity index (χ4n) is 4.17. The van der Waals surface area contributed by atoms with Gasteiger partial charge in [0.05, 0.1) is 37.7 Å². The Balaban J connectivity index is 1.53. The van der Waals surface area contributed by atoms with Gasteiger partial charge in [-0.3, -0.25) is 4.79 Å². The van der Waals surface area contributed by atoms with Crippen LogP contribution in [0.3, 0.4) is 0 Å². The molecule has 36 heavy (non-hydrogen) atoms. The number of rotatable bonds is 9. The number of nitrogens with zero attached hydrogens (tertiary/aromatic N) is 3. The molecular formula is C29H29N3O4. The number of aryl methyl sites for hydroxylation is 1. The van der Waals surface area contributed by atoms with E-state index in [4.69, 9.17) is 19.3 Å². The number of ether oxygens (including phenoxy) is 3. The van der Waals surface area contributed by atoms with E-state index in [2.05, 4.69) is 0 Å². The summed E-state index contributed by atoms with van der Waals surface area (Å²) in [5.41, 5.74) is 3.17. The van der Waals surface area contributed by atoms with Gasteiger partial charge in [-0.15, -0.1) is 0 Å². The van der Waals surface area contributed by atoms with Crippen LogP contribution in [0.25, 0.3) is 5.69 Å². The molecule has 7 nitrogen and oxygen atoms in total. The van der Waals surface area contributed by atoms with E-state index in [1.807, 2.05) is 84.6 Å². The number of hydrogen-bond acceptors (Lipinski definition) is 5. The van der Waals surface area contributed by atoms with Crippen LogP contribution in [-0.2, 0) is 6.54 Å². The molecule has 0 aliphatic heterocycles. The maximum absolute atomic E-state index is 13.6. The van der Waals surface area contributed by atoms with Crippen LogP contribution >= 0.6 is 0 Å². The van der Waals surface area contributed by atoms with E-state index in [9.17, 15) is 4.79 Å². The Labute approximate surface area is 210 Å². The van der Waals surface area contributed by atoms with Gasteiger partial charge in [-0.1, -0.05) is 24.3 Å². The summed E-state index contributed by atoms with van der Waals surface area (Å²) in [6.45, 7) is 2.35. The quantitative estimate of drug-likeness (QED) is 0.301. The summed E-state index contributed by atoms with van der Waals surface area (Å²) < 4.78 is 18.9. The molecule has 0 radical (unpaired) electrons. The third-order valence-corrected chi connectivity index (χ3v) is 6.31. The number of aromatic nitrogens is 2. The van der Waals surface area contributed by atoms with E-state index in [1.165, 1.54) is 0 Å². The highest BCUT2D eigenvalue weighted by Gasteiger charge is 2.35. The first-order valence-corrected chi connectivity index (χ1v) is 12.0. The Morgan fingerprint density at radius 3 is 2.28 bits per heavy atom. The number of carbonyl (C=O) groups excluding carboxylic acids is 1. The Morgan fingerprint density at radius 1 is 0.917 bits per heavy atom. The van der Waals surface area contributed by atoms with Crippen molar-refractivity contribution in [1.82, 2.24) is 14.7 Å². The van der Waals surface area contributed by atoms with Gasteiger partial charge in [0.2, 0.25) is 5.88 Å². The molecule has 1 heterocycles. The number of amides is 1. The predicted molar refractivity (Wildman–Crippen MR) is 137 cm³/mol. The van der Waals surface area contributed by atoms with Crippen molar-refractivity contribution in [2.45, 2.75) is 32.4 Å². The molecule has 0 unspecified atom stereocenters. The van der Waals surface area contributed by atoms with Gasteiger partial charge in [-0.25, -0.2) is 4.68 Å². The van der Waals surface area contributed by atoms with Crippen LogP contribution < -0.4 is 14.2 Å². The SMILES string of the molecule is COc1ccc(Oc2c(CN(C(=O)c3cccc(OC)c3)C3CC3)c(C)nn2-c2ccccc2)cc1. The summed E-state index contributed by atoms with van der Waals surface area (Å²) in [6.07, 6.45) is 1.96. The van der Waals surface area contributed by atoms with Crippen molar-refractivity contribution in [3.05, 3.63) is 95.7 Å². The van der Waals surface area contributed by atoms with Crippen LogP contribution in [0.5, 0.6) is 23.1 Å². The van der Waals surface area contributed by atoms with Gasteiger partial charge in [0, 0.05) is 11.6 Å².